The van der Waals surface area contributed by atoms with Crippen molar-refractivity contribution in [1.29, 1.82) is 0 Å². The monoisotopic (exact) mass is 543 g/mol. The summed E-state index contributed by atoms with van der Waals surface area (Å²) in [6, 6.07) is 31.1. The van der Waals surface area contributed by atoms with Crippen LogP contribution in [0.1, 0.15) is 52.0 Å². The molecule has 0 N–H and O–H groups in total. The third-order valence-electron chi connectivity index (χ3n) is 10.5. The average Bonchev–Trinajstić information content (AvgIpc) is 3.58. The molecule has 3 fully saturated rings. The van der Waals surface area contributed by atoms with Crippen molar-refractivity contribution < 1.29 is 8.42 Å². The van der Waals surface area contributed by atoms with Crippen molar-refractivity contribution in [2.75, 3.05) is 6.54 Å². The zero-order chi connectivity index (χ0) is 26.8. The molecule has 38 heavy (non-hydrogen) atoms. The Balaban J connectivity index is 1.48. The number of hydrogen-bond donors (Lipinski definition) is 0. The van der Waals surface area contributed by atoms with E-state index in [0.29, 0.717) is 23.3 Å². The van der Waals surface area contributed by atoms with Crippen LogP contribution in [0.15, 0.2) is 89.8 Å². The third kappa shape index (κ3) is 3.88. The summed E-state index contributed by atoms with van der Waals surface area (Å²) in [4.78, 5) is 0.451. The summed E-state index contributed by atoms with van der Waals surface area (Å²) in [5.74, 6) is 1.03. The van der Waals surface area contributed by atoms with Gasteiger partial charge in [0.2, 0.25) is 10.0 Å². The minimum Gasteiger partial charge on any atom is -0.207 e. The molecule has 3 aromatic carbocycles. The van der Waals surface area contributed by atoms with Crippen molar-refractivity contribution in [1.82, 2.24) is 4.31 Å². The average molecular weight is 544 g/mol. The first-order valence-corrected chi connectivity index (χ1v) is 17.9. The number of hydrogen-bond acceptors (Lipinski definition) is 2. The molecule has 3 aliphatic rings. The molecule has 5 heteroatoms. The highest BCUT2D eigenvalue weighted by Gasteiger charge is 2.66. The highest BCUT2D eigenvalue weighted by Crippen LogP contribution is 2.65. The largest absolute Gasteiger partial charge is 0.243 e. The van der Waals surface area contributed by atoms with Crippen LogP contribution in [-0.4, -0.2) is 33.4 Å². The zero-order valence-corrected chi connectivity index (χ0v) is 25.0. The predicted molar refractivity (Wildman–Crippen MR) is 159 cm³/mol. The predicted octanol–water partition coefficient (Wildman–Crippen LogP) is 6.24. The summed E-state index contributed by atoms with van der Waals surface area (Å²) in [5, 5.41) is 3.01. The minimum atomic E-state index is -3.54. The fraction of sp³-hybridized carbons (Fsp3) is 0.455. The summed E-state index contributed by atoms with van der Waals surface area (Å²) in [6.07, 6.45) is 4.65. The number of sulfonamides is 1. The molecule has 0 unspecified atom stereocenters. The molecule has 2 saturated carbocycles. The van der Waals surface area contributed by atoms with E-state index in [1.807, 2.05) is 23.4 Å². The van der Waals surface area contributed by atoms with E-state index in [-0.39, 0.29) is 16.5 Å². The molecule has 0 radical (unpaired) electrons. The summed E-state index contributed by atoms with van der Waals surface area (Å²) < 4.78 is 30.3. The first kappa shape index (κ1) is 26.0. The maximum atomic E-state index is 14.1. The van der Waals surface area contributed by atoms with Crippen molar-refractivity contribution in [3.8, 4) is 0 Å². The molecular weight excluding hydrogens is 503 g/mol. The van der Waals surface area contributed by atoms with E-state index in [4.69, 9.17) is 0 Å². The lowest BCUT2D eigenvalue weighted by Crippen LogP contribution is -2.65. The van der Waals surface area contributed by atoms with Gasteiger partial charge in [0.1, 0.15) is 8.07 Å². The van der Waals surface area contributed by atoms with Gasteiger partial charge in [-0.25, -0.2) is 8.42 Å². The van der Waals surface area contributed by atoms with Crippen LogP contribution in [0.25, 0.3) is 0 Å². The van der Waals surface area contributed by atoms with E-state index in [0.717, 1.165) is 18.0 Å². The fourth-order valence-electron chi connectivity index (χ4n) is 8.61. The lowest BCUT2D eigenvalue weighted by atomic mass is 9.74. The number of fused-ring (bicyclic) bond motifs is 1. The molecule has 4 atom stereocenters. The second-order valence-electron chi connectivity index (χ2n) is 13.3. The Labute approximate surface area is 230 Å². The standard InChI is InChI=1S/C33H41NO2SSi/c1-25-15-17-28(18-16-25)37(35,36)34-23-27(33-20-19-26(22-33)21-31(33)34)24-38(32(2,3)4,29-11-7-5-8-12-29)30-13-9-6-10-14-30/h5-18,26-27,31H,19-24H2,1-4H3/t26-,27-,31-,33-/m1/s1. The van der Waals surface area contributed by atoms with E-state index < -0.39 is 18.1 Å². The SMILES string of the molecule is Cc1ccc(S(=O)(=O)N2C[C@H](C[Si](c3ccccc3)(c3ccccc3)C(C)(C)C)[C@]34CC[C@H](C[C@@H]23)C4)cc1. The second kappa shape index (κ2) is 9.18. The van der Waals surface area contributed by atoms with Crippen LogP contribution in [0, 0.1) is 24.2 Å². The summed E-state index contributed by atoms with van der Waals surface area (Å²) in [6.45, 7) is 9.94. The third-order valence-corrected chi connectivity index (χ3v) is 18.7. The van der Waals surface area contributed by atoms with Gasteiger partial charge in [0, 0.05) is 12.6 Å². The number of benzene rings is 3. The Hall–Kier alpha value is -2.21. The molecule has 0 amide bonds. The fourth-order valence-corrected chi connectivity index (χ4v) is 16.3. The van der Waals surface area contributed by atoms with Gasteiger partial charge >= 0.3 is 0 Å². The Morgan fingerprint density at radius 1 is 0.895 bits per heavy atom. The summed E-state index contributed by atoms with van der Waals surface area (Å²) in [7, 11) is -5.86. The van der Waals surface area contributed by atoms with Gasteiger partial charge in [-0.05, 0) is 73.1 Å². The van der Waals surface area contributed by atoms with E-state index in [1.54, 1.807) is 12.1 Å². The second-order valence-corrected chi connectivity index (χ2v) is 20.0. The van der Waals surface area contributed by atoms with Crippen molar-refractivity contribution in [2.24, 2.45) is 17.3 Å². The first-order valence-electron chi connectivity index (χ1n) is 14.3. The van der Waals surface area contributed by atoms with Crippen LogP contribution in [0.3, 0.4) is 0 Å². The van der Waals surface area contributed by atoms with E-state index in [1.165, 1.54) is 29.6 Å². The van der Waals surface area contributed by atoms with Crippen molar-refractivity contribution >= 4 is 28.5 Å². The lowest BCUT2D eigenvalue weighted by Gasteiger charge is -2.48. The van der Waals surface area contributed by atoms with Gasteiger partial charge < -0.3 is 0 Å². The molecule has 3 nitrogen and oxygen atoms in total. The molecular formula is C33H41NO2SSi. The molecule has 6 rings (SSSR count). The molecule has 1 heterocycles. The molecule has 1 spiro atoms. The number of nitrogens with zero attached hydrogens (tertiary/aromatic N) is 1. The van der Waals surface area contributed by atoms with E-state index in [2.05, 4.69) is 81.4 Å². The van der Waals surface area contributed by atoms with Crippen LogP contribution >= 0.6 is 0 Å². The Morgan fingerprint density at radius 2 is 1.47 bits per heavy atom. The van der Waals surface area contributed by atoms with Crippen LogP contribution in [0.4, 0.5) is 0 Å². The van der Waals surface area contributed by atoms with Crippen LogP contribution < -0.4 is 10.4 Å². The van der Waals surface area contributed by atoms with Gasteiger partial charge in [0.25, 0.3) is 0 Å². The summed E-state index contributed by atoms with van der Waals surface area (Å²) in [5.41, 5.74) is 1.20. The Morgan fingerprint density at radius 3 is 2.00 bits per heavy atom. The van der Waals surface area contributed by atoms with Gasteiger partial charge in [0.15, 0.2) is 0 Å². The summed E-state index contributed by atoms with van der Waals surface area (Å²) >= 11 is 0. The highest BCUT2D eigenvalue weighted by atomic mass is 32.2. The lowest BCUT2D eigenvalue weighted by molar-refractivity contribution is 0.192. The van der Waals surface area contributed by atoms with Gasteiger partial charge in [-0.2, -0.15) is 4.31 Å². The van der Waals surface area contributed by atoms with Crippen molar-refractivity contribution in [3.05, 3.63) is 90.5 Å². The van der Waals surface area contributed by atoms with Gasteiger partial charge in [-0.1, -0.05) is 110 Å². The number of rotatable bonds is 6. The molecule has 3 aromatic rings. The Bertz CT molecular complexity index is 1360. The quantitative estimate of drug-likeness (QED) is 0.345. The first-order chi connectivity index (χ1) is 18.1. The van der Waals surface area contributed by atoms with Gasteiger partial charge in [0.05, 0.1) is 4.90 Å². The topological polar surface area (TPSA) is 37.4 Å². The molecule has 1 aliphatic heterocycles. The Kier molecular flexibility index (Phi) is 6.29. The maximum Gasteiger partial charge on any atom is 0.243 e. The van der Waals surface area contributed by atoms with Crippen molar-refractivity contribution in [3.63, 3.8) is 0 Å². The zero-order valence-electron chi connectivity index (χ0n) is 23.2. The number of aryl methyl sites for hydroxylation is 1. The molecule has 1 saturated heterocycles. The van der Waals surface area contributed by atoms with Crippen LogP contribution in [0.2, 0.25) is 11.1 Å². The maximum absolute atomic E-state index is 14.1. The van der Waals surface area contributed by atoms with Gasteiger partial charge in [-0.3, -0.25) is 0 Å². The van der Waals surface area contributed by atoms with Crippen LogP contribution in [-0.2, 0) is 10.0 Å². The molecule has 0 aromatic heterocycles. The normalized spacial score (nSPS) is 27.5. The van der Waals surface area contributed by atoms with Gasteiger partial charge in [-0.15, -0.1) is 0 Å². The van der Waals surface area contributed by atoms with Crippen LogP contribution in [0.5, 0.6) is 0 Å². The van der Waals surface area contributed by atoms with Crippen molar-refractivity contribution in [2.45, 2.75) is 75.4 Å². The molecule has 2 aliphatic carbocycles. The molecule has 2 bridgehead atoms. The smallest absolute Gasteiger partial charge is 0.207 e. The van der Waals surface area contributed by atoms with E-state index in [9.17, 15) is 8.42 Å². The molecule has 200 valence electrons. The van der Waals surface area contributed by atoms with E-state index >= 15 is 0 Å². The minimum absolute atomic E-state index is 0.0711. The highest BCUT2D eigenvalue weighted by molar-refractivity contribution is 7.89.